The fourth-order valence-electron chi connectivity index (χ4n) is 1.95. The van der Waals surface area contributed by atoms with Crippen LogP contribution < -0.4 is 9.96 Å². The number of rotatable bonds is 3. The largest absolute Gasteiger partial charge is 0.752 e. The van der Waals surface area contributed by atoms with E-state index < -0.39 is 0 Å². The summed E-state index contributed by atoms with van der Waals surface area (Å²) in [6.07, 6.45) is 0.283. The van der Waals surface area contributed by atoms with E-state index in [2.05, 4.69) is 4.90 Å². The van der Waals surface area contributed by atoms with E-state index in [-0.39, 0.29) is 6.41 Å². The van der Waals surface area contributed by atoms with Gasteiger partial charge in [-0.3, -0.25) is 4.79 Å². The van der Waals surface area contributed by atoms with Gasteiger partial charge < -0.3 is 15.2 Å². The number of aryl methyl sites for hydroxylation is 1. The molecule has 18 heavy (non-hydrogen) atoms. The second-order valence-electron chi connectivity index (χ2n) is 4.12. The lowest BCUT2D eigenvalue weighted by atomic mass is 10.1. The van der Waals surface area contributed by atoms with E-state index in [1.807, 2.05) is 18.7 Å². The number of benzene rings is 1. The van der Waals surface area contributed by atoms with Crippen LogP contribution in [0.3, 0.4) is 0 Å². The van der Waals surface area contributed by atoms with Crippen molar-refractivity contribution < 1.29 is 4.79 Å². The van der Waals surface area contributed by atoms with Gasteiger partial charge in [0.25, 0.3) is 0 Å². The quantitative estimate of drug-likeness (QED) is 0.633. The van der Waals surface area contributed by atoms with Crippen molar-refractivity contribution >= 4 is 41.1 Å². The highest BCUT2D eigenvalue weighted by molar-refractivity contribution is 7.99. The second kappa shape index (κ2) is 5.82. The van der Waals surface area contributed by atoms with Gasteiger partial charge in [0.05, 0.1) is 11.4 Å². The van der Waals surface area contributed by atoms with Crippen molar-refractivity contribution in [2.75, 3.05) is 34.6 Å². The van der Waals surface area contributed by atoms with E-state index in [0.717, 1.165) is 35.8 Å². The van der Waals surface area contributed by atoms with Gasteiger partial charge in [0, 0.05) is 29.6 Å². The standard InChI is InChI=1S/C12H14ClN2O2S/c1-9-6-12(15(17)8-16)11(7-10(9)13)14-2-4-18-5-3-14/h6-8H,2-5H2,1H3/q-1. The third-order valence-corrected chi connectivity index (χ3v) is 4.29. The van der Waals surface area contributed by atoms with Gasteiger partial charge >= 0.3 is 0 Å². The maximum atomic E-state index is 11.6. The molecule has 1 heterocycles. The van der Waals surface area contributed by atoms with Crippen LogP contribution in [0.25, 0.3) is 0 Å². The van der Waals surface area contributed by atoms with Gasteiger partial charge in [-0.25, -0.2) is 0 Å². The van der Waals surface area contributed by atoms with Crippen LogP contribution in [0.4, 0.5) is 11.4 Å². The van der Waals surface area contributed by atoms with Gasteiger partial charge in [-0.15, -0.1) is 0 Å². The minimum Gasteiger partial charge on any atom is -0.752 e. The summed E-state index contributed by atoms with van der Waals surface area (Å²) in [6.45, 7) is 3.55. The van der Waals surface area contributed by atoms with Gasteiger partial charge in [0.2, 0.25) is 6.41 Å². The Bertz CT molecular complexity index is 450. The molecule has 1 saturated heterocycles. The van der Waals surface area contributed by atoms with Crippen LogP contribution in [0, 0.1) is 12.1 Å². The normalized spacial score (nSPS) is 15.6. The summed E-state index contributed by atoms with van der Waals surface area (Å²) < 4.78 is 0. The van der Waals surface area contributed by atoms with E-state index >= 15 is 0 Å². The lowest BCUT2D eigenvalue weighted by molar-refractivity contribution is -0.106. The smallest absolute Gasteiger partial charge is 0.203 e. The molecule has 2 rings (SSSR count). The maximum absolute atomic E-state index is 11.6. The molecule has 0 N–H and O–H groups in total. The first kappa shape index (κ1) is 13.5. The number of anilines is 2. The molecule has 1 aromatic rings. The molecule has 0 atom stereocenters. The fourth-order valence-corrected chi connectivity index (χ4v) is 3.01. The summed E-state index contributed by atoms with van der Waals surface area (Å²) in [7, 11) is 0. The molecule has 0 aliphatic carbocycles. The Morgan fingerprint density at radius 2 is 2.11 bits per heavy atom. The number of amides is 1. The number of carbonyl (C=O) groups excluding carboxylic acids is 1. The maximum Gasteiger partial charge on any atom is 0.203 e. The van der Waals surface area contributed by atoms with Gasteiger partial charge in [0.1, 0.15) is 0 Å². The molecule has 1 amide bonds. The summed E-state index contributed by atoms with van der Waals surface area (Å²) in [5.41, 5.74) is 1.91. The molecule has 0 unspecified atom stereocenters. The molecule has 1 aliphatic rings. The summed E-state index contributed by atoms with van der Waals surface area (Å²) in [6, 6.07) is 3.44. The first-order valence-corrected chi connectivity index (χ1v) is 7.21. The zero-order chi connectivity index (χ0) is 13.1. The zero-order valence-corrected chi connectivity index (χ0v) is 11.6. The van der Waals surface area contributed by atoms with Gasteiger partial charge in [-0.05, 0) is 24.6 Å². The van der Waals surface area contributed by atoms with Crippen molar-refractivity contribution in [3.05, 3.63) is 27.9 Å². The van der Waals surface area contributed by atoms with Crippen molar-refractivity contribution in [3.8, 4) is 0 Å². The third-order valence-electron chi connectivity index (χ3n) is 2.94. The lowest BCUT2D eigenvalue weighted by Crippen LogP contribution is -2.33. The number of nitrogens with zero attached hydrogens (tertiary/aromatic N) is 2. The Kier molecular flexibility index (Phi) is 4.37. The second-order valence-corrected chi connectivity index (χ2v) is 5.75. The molecule has 4 nitrogen and oxygen atoms in total. The van der Waals surface area contributed by atoms with E-state index in [1.165, 1.54) is 0 Å². The molecule has 1 aliphatic heterocycles. The van der Waals surface area contributed by atoms with E-state index in [0.29, 0.717) is 15.8 Å². The highest BCUT2D eigenvalue weighted by Gasteiger charge is 2.17. The fraction of sp³-hybridized carbons (Fsp3) is 0.417. The minimum absolute atomic E-state index is 0.283. The first-order valence-electron chi connectivity index (χ1n) is 5.68. The highest BCUT2D eigenvalue weighted by atomic mass is 35.5. The average molecular weight is 286 g/mol. The molecule has 6 heteroatoms. The number of thioether (sulfide) groups is 1. The van der Waals surface area contributed by atoms with Crippen LogP contribution in [0.15, 0.2) is 12.1 Å². The molecule has 0 saturated carbocycles. The Balaban J connectivity index is 2.42. The molecule has 1 aromatic carbocycles. The molecule has 0 spiro atoms. The molecule has 0 bridgehead atoms. The Hall–Kier alpha value is -0.910. The van der Waals surface area contributed by atoms with Crippen molar-refractivity contribution in [3.63, 3.8) is 0 Å². The lowest BCUT2D eigenvalue weighted by Gasteiger charge is -2.34. The third kappa shape index (κ3) is 2.74. The molecule has 1 fully saturated rings. The summed E-state index contributed by atoms with van der Waals surface area (Å²) in [4.78, 5) is 12.8. The van der Waals surface area contributed by atoms with E-state index in [9.17, 15) is 10.0 Å². The van der Waals surface area contributed by atoms with E-state index in [1.54, 1.807) is 12.1 Å². The molecular weight excluding hydrogens is 272 g/mol. The predicted molar refractivity (Wildman–Crippen MR) is 77.6 cm³/mol. The van der Waals surface area contributed by atoms with Crippen LogP contribution in [-0.2, 0) is 4.79 Å². The monoisotopic (exact) mass is 285 g/mol. The van der Waals surface area contributed by atoms with Crippen LogP contribution >= 0.6 is 23.4 Å². The molecular formula is C12H14ClN2O2S-. The van der Waals surface area contributed by atoms with Crippen LogP contribution in [-0.4, -0.2) is 31.0 Å². The van der Waals surface area contributed by atoms with Gasteiger partial charge in [-0.2, -0.15) is 11.8 Å². The zero-order valence-electron chi connectivity index (χ0n) is 10.1. The van der Waals surface area contributed by atoms with Crippen molar-refractivity contribution in [2.24, 2.45) is 0 Å². The summed E-state index contributed by atoms with van der Waals surface area (Å²) in [5, 5.41) is 12.6. The molecule has 0 aromatic heterocycles. The molecule has 98 valence electrons. The van der Waals surface area contributed by atoms with Crippen LogP contribution in [0.2, 0.25) is 5.02 Å². The van der Waals surface area contributed by atoms with Gasteiger partial charge in [0.15, 0.2) is 0 Å². The topological polar surface area (TPSA) is 46.6 Å². The highest BCUT2D eigenvalue weighted by Crippen LogP contribution is 2.35. The summed E-state index contributed by atoms with van der Waals surface area (Å²) >= 11 is 8.00. The summed E-state index contributed by atoms with van der Waals surface area (Å²) in [5.74, 6) is 2.04. The van der Waals surface area contributed by atoms with Crippen molar-refractivity contribution in [2.45, 2.75) is 6.92 Å². The van der Waals surface area contributed by atoms with E-state index in [4.69, 9.17) is 11.6 Å². The Morgan fingerprint density at radius 1 is 1.44 bits per heavy atom. The van der Waals surface area contributed by atoms with Crippen molar-refractivity contribution in [1.29, 1.82) is 0 Å². The Labute approximate surface area is 115 Å². The van der Waals surface area contributed by atoms with Crippen molar-refractivity contribution in [1.82, 2.24) is 0 Å². The SMILES string of the molecule is Cc1cc(N([O-])C=O)c(N2CCSCC2)cc1Cl. The Morgan fingerprint density at radius 3 is 2.72 bits per heavy atom. The predicted octanol–water partition coefficient (Wildman–Crippen LogP) is 2.66. The van der Waals surface area contributed by atoms with Crippen LogP contribution in [0.1, 0.15) is 5.56 Å². The number of carbonyl (C=O) groups is 1. The number of hydrogen-bond donors (Lipinski definition) is 0. The van der Waals surface area contributed by atoms with Crippen LogP contribution in [0.5, 0.6) is 0 Å². The number of hydroxylamine groups is 1. The average Bonchev–Trinajstić information content (AvgIpc) is 2.41. The first-order chi connectivity index (χ1) is 8.63. The number of hydrogen-bond acceptors (Lipinski definition) is 4. The molecule has 0 radical (unpaired) electrons. The van der Waals surface area contributed by atoms with Gasteiger partial charge in [-0.1, -0.05) is 11.6 Å². The minimum atomic E-state index is 0.283. The number of halogens is 1.